The second kappa shape index (κ2) is 6.57. The lowest BCUT2D eigenvalue weighted by Crippen LogP contribution is -2.36. The first-order chi connectivity index (χ1) is 7.61. The molecule has 1 fully saturated rings. The molecule has 0 unspecified atom stereocenters. The van der Waals surface area contributed by atoms with Crippen LogP contribution in [0.2, 0.25) is 0 Å². The lowest BCUT2D eigenvalue weighted by molar-refractivity contribution is 0.395. The molecule has 1 rings (SSSR count). The molecule has 0 atom stereocenters. The molecule has 0 aliphatic heterocycles. The molecule has 16 heavy (non-hydrogen) atoms. The molecule has 0 spiro atoms. The van der Waals surface area contributed by atoms with Crippen LogP contribution in [0.3, 0.4) is 0 Å². The number of nitrogens with zero attached hydrogens (tertiary/aromatic N) is 1. The molecular formula is C11H24N2O2S. The van der Waals surface area contributed by atoms with Gasteiger partial charge in [0.1, 0.15) is 0 Å². The highest BCUT2D eigenvalue weighted by atomic mass is 32.2. The molecule has 96 valence electrons. The highest BCUT2D eigenvalue weighted by Crippen LogP contribution is 2.29. The standard InChI is InChI=1S/C11H24N2O2S/c1-3-4-9-13(11-6-7-11)16(14,15)10-5-8-12-2/h11-12H,3-10H2,1-2H3. The number of sulfonamides is 1. The van der Waals surface area contributed by atoms with E-state index in [1.165, 1.54) is 0 Å². The van der Waals surface area contributed by atoms with Crippen LogP contribution in [0.5, 0.6) is 0 Å². The van der Waals surface area contributed by atoms with Gasteiger partial charge in [0, 0.05) is 12.6 Å². The van der Waals surface area contributed by atoms with Crippen LogP contribution in [-0.4, -0.2) is 44.7 Å². The van der Waals surface area contributed by atoms with Crippen molar-refractivity contribution in [2.45, 2.75) is 45.1 Å². The summed E-state index contributed by atoms with van der Waals surface area (Å²) in [5, 5.41) is 2.98. The summed E-state index contributed by atoms with van der Waals surface area (Å²) < 4.78 is 25.9. The van der Waals surface area contributed by atoms with Gasteiger partial charge in [-0.15, -0.1) is 0 Å². The molecule has 0 saturated heterocycles. The van der Waals surface area contributed by atoms with E-state index in [1.807, 2.05) is 7.05 Å². The second-order valence-corrected chi connectivity index (χ2v) is 6.51. The normalized spacial score (nSPS) is 16.9. The van der Waals surface area contributed by atoms with Gasteiger partial charge in [-0.2, -0.15) is 4.31 Å². The lowest BCUT2D eigenvalue weighted by atomic mass is 10.3. The molecule has 1 N–H and O–H groups in total. The van der Waals surface area contributed by atoms with Crippen LogP contribution < -0.4 is 5.32 Å². The summed E-state index contributed by atoms with van der Waals surface area (Å²) in [7, 11) is -1.16. The molecule has 1 saturated carbocycles. The van der Waals surface area contributed by atoms with Crippen LogP contribution in [0, 0.1) is 0 Å². The topological polar surface area (TPSA) is 49.4 Å². The fourth-order valence-electron chi connectivity index (χ4n) is 1.77. The van der Waals surface area contributed by atoms with Crippen LogP contribution in [0.15, 0.2) is 0 Å². The molecule has 1 aliphatic carbocycles. The first-order valence-corrected chi connectivity index (χ1v) is 7.87. The van der Waals surface area contributed by atoms with Gasteiger partial charge in [0.05, 0.1) is 5.75 Å². The molecule has 4 nitrogen and oxygen atoms in total. The fraction of sp³-hybridized carbons (Fsp3) is 1.00. The molecule has 0 aromatic carbocycles. The first-order valence-electron chi connectivity index (χ1n) is 6.26. The maximum Gasteiger partial charge on any atom is 0.214 e. The molecule has 1 aliphatic rings. The second-order valence-electron chi connectivity index (χ2n) is 4.47. The monoisotopic (exact) mass is 248 g/mol. The SMILES string of the molecule is CCCCN(C1CC1)S(=O)(=O)CCCNC. The van der Waals surface area contributed by atoms with E-state index >= 15 is 0 Å². The van der Waals surface area contributed by atoms with Crippen molar-refractivity contribution in [2.24, 2.45) is 0 Å². The van der Waals surface area contributed by atoms with Gasteiger partial charge >= 0.3 is 0 Å². The van der Waals surface area contributed by atoms with E-state index in [0.29, 0.717) is 19.0 Å². The molecule has 0 aromatic heterocycles. The summed E-state index contributed by atoms with van der Waals surface area (Å²) in [5.41, 5.74) is 0. The summed E-state index contributed by atoms with van der Waals surface area (Å²) >= 11 is 0. The first kappa shape index (κ1) is 13.9. The van der Waals surface area contributed by atoms with Crippen molar-refractivity contribution in [2.75, 3.05) is 25.9 Å². The molecule has 0 radical (unpaired) electrons. The van der Waals surface area contributed by atoms with Crippen molar-refractivity contribution < 1.29 is 8.42 Å². The van der Waals surface area contributed by atoms with E-state index in [1.54, 1.807) is 4.31 Å². The summed E-state index contributed by atoms with van der Waals surface area (Å²) in [6, 6.07) is 0.311. The average molecular weight is 248 g/mol. The predicted octanol–water partition coefficient (Wildman–Crippen LogP) is 1.19. The largest absolute Gasteiger partial charge is 0.320 e. The van der Waals surface area contributed by atoms with Gasteiger partial charge < -0.3 is 5.32 Å². The van der Waals surface area contributed by atoms with Gasteiger partial charge in [-0.25, -0.2) is 8.42 Å². The van der Waals surface area contributed by atoms with E-state index in [0.717, 1.165) is 32.2 Å². The van der Waals surface area contributed by atoms with Gasteiger partial charge in [-0.1, -0.05) is 13.3 Å². The highest BCUT2D eigenvalue weighted by molar-refractivity contribution is 7.89. The average Bonchev–Trinajstić information content (AvgIpc) is 3.02. The quantitative estimate of drug-likeness (QED) is 0.624. The molecule has 0 heterocycles. The number of unbranched alkanes of at least 4 members (excludes halogenated alkanes) is 1. The van der Waals surface area contributed by atoms with Gasteiger partial charge in [0.15, 0.2) is 0 Å². The molecule has 0 bridgehead atoms. The Bertz CT molecular complexity index is 286. The zero-order chi connectivity index (χ0) is 12.0. The Hall–Kier alpha value is -0.130. The van der Waals surface area contributed by atoms with E-state index in [-0.39, 0.29) is 5.75 Å². The van der Waals surface area contributed by atoms with Crippen molar-refractivity contribution in [1.29, 1.82) is 0 Å². The Labute approximate surface area is 99.5 Å². The Morgan fingerprint density at radius 1 is 1.31 bits per heavy atom. The van der Waals surface area contributed by atoms with Gasteiger partial charge in [0.25, 0.3) is 0 Å². The van der Waals surface area contributed by atoms with E-state index in [2.05, 4.69) is 12.2 Å². The fourth-order valence-corrected chi connectivity index (χ4v) is 3.59. The van der Waals surface area contributed by atoms with E-state index in [9.17, 15) is 8.42 Å². The zero-order valence-corrected chi connectivity index (χ0v) is 11.2. The lowest BCUT2D eigenvalue weighted by Gasteiger charge is -2.21. The Morgan fingerprint density at radius 3 is 2.50 bits per heavy atom. The minimum Gasteiger partial charge on any atom is -0.320 e. The summed E-state index contributed by atoms with van der Waals surface area (Å²) in [4.78, 5) is 0. The summed E-state index contributed by atoms with van der Waals surface area (Å²) in [5.74, 6) is 0.286. The van der Waals surface area contributed by atoms with Crippen LogP contribution >= 0.6 is 0 Å². The zero-order valence-electron chi connectivity index (χ0n) is 10.4. The maximum absolute atomic E-state index is 12.1. The maximum atomic E-state index is 12.1. The highest BCUT2D eigenvalue weighted by Gasteiger charge is 2.36. The summed E-state index contributed by atoms with van der Waals surface area (Å²) in [6.07, 6.45) is 4.83. The van der Waals surface area contributed by atoms with E-state index in [4.69, 9.17) is 0 Å². The number of hydrogen-bond acceptors (Lipinski definition) is 3. The smallest absolute Gasteiger partial charge is 0.214 e. The molecule has 0 aromatic rings. The van der Waals surface area contributed by atoms with Crippen LogP contribution in [0.1, 0.15) is 39.0 Å². The molecule has 0 amide bonds. The van der Waals surface area contributed by atoms with Crippen molar-refractivity contribution >= 4 is 10.0 Å². The Kier molecular flexibility index (Phi) is 5.72. The van der Waals surface area contributed by atoms with Crippen LogP contribution in [-0.2, 0) is 10.0 Å². The molecule has 5 heteroatoms. The Balaban J connectivity index is 2.47. The Morgan fingerprint density at radius 2 is 2.00 bits per heavy atom. The third kappa shape index (κ3) is 4.39. The summed E-state index contributed by atoms with van der Waals surface area (Å²) in [6.45, 7) is 3.58. The minimum atomic E-state index is -3.01. The third-order valence-corrected chi connectivity index (χ3v) is 4.87. The predicted molar refractivity (Wildman–Crippen MR) is 67.0 cm³/mol. The third-order valence-electron chi connectivity index (χ3n) is 2.87. The van der Waals surface area contributed by atoms with E-state index < -0.39 is 10.0 Å². The van der Waals surface area contributed by atoms with Crippen molar-refractivity contribution in [1.82, 2.24) is 9.62 Å². The minimum absolute atomic E-state index is 0.286. The number of nitrogens with one attached hydrogen (secondary N) is 1. The van der Waals surface area contributed by atoms with Crippen molar-refractivity contribution in [3.05, 3.63) is 0 Å². The van der Waals surface area contributed by atoms with Gasteiger partial charge in [-0.3, -0.25) is 0 Å². The number of hydrogen-bond donors (Lipinski definition) is 1. The van der Waals surface area contributed by atoms with Gasteiger partial charge in [-0.05, 0) is 39.3 Å². The van der Waals surface area contributed by atoms with Crippen molar-refractivity contribution in [3.8, 4) is 0 Å². The van der Waals surface area contributed by atoms with Crippen molar-refractivity contribution in [3.63, 3.8) is 0 Å². The van der Waals surface area contributed by atoms with Crippen LogP contribution in [0.4, 0.5) is 0 Å². The number of rotatable bonds is 9. The molecular weight excluding hydrogens is 224 g/mol. The van der Waals surface area contributed by atoms with Crippen LogP contribution in [0.25, 0.3) is 0 Å². The van der Waals surface area contributed by atoms with Gasteiger partial charge in [0.2, 0.25) is 10.0 Å².